The first kappa shape index (κ1) is 13.0. The van der Waals surface area contributed by atoms with Crippen LogP contribution < -0.4 is 5.73 Å². The summed E-state index contributed by atoms with van der Waals surface area (Å²) < 4.78 is 2.86. The molecule has 4 nitrogen and oxygen atoms in total. The Kier molecular flexibility index (Phi) is 2.94. The van der Waals surface area contributed by atoms with Gasteiger partial charge in [0.05, 0.1) is 16.4 Å². The van der Waals surface area contributed by atoms with Crippen molar-refractivity contribution in [2.24, 2.45) is 0 Å². The molecule has 22 heavy (non-hydrogen) atoms. The molecule has 0 radical (unpaired) electrons. The SMILES string of the molecule is Cc1ccc2nc(-n3ncc(-c4ccccc4)c3N)sc2c1. The van der Waals surface area contributed by atoms with Crippen molar-refractivity contribution >= 4 is 27.4 Å². The third-order valence-corrected chi connectivity index (χ3v) is 4.60. The van der Waals surface area contributed by atoms with Crippen LogP contribution in [-0.4, -0.2) is 14.8 Å². The van der Waals surface area contributed by atoms with Crippen molar-refractivity contribution in [3.63, 3.8) is 0 Å². The summed E-state index contributed by atoms with van der Waals surface area (Å²) in [5.74, 6) is 0.613. The molecule has 0 fully saturated rings. The Morgan fingerprint density at radius 3 is 2.73 bits per heavy atom. The third-order valence-electron chi connectivity index (χ3n) is 3.61. The van der Waals surface area contributed by atoms with Gasteiger partial charge in [-0.25, -0.2) is 4.98 Å². The zero-order chi connectivity index (χ0) is 15.1. The van der Waals surface area contributed by atoms with Crippen LogP contribution in [0.25, 0.3) is 26.5 Å². The van der Waals surface area contributed by atoms with Gasteiger partial charge in [0, 0.05) is 5.56 Å². The molecule has 0 aliphatic carbocycles. The van der Waals surface area contributed by atoms with Crippen LogP contribution in [0.1, 0.15) is 5.56 Å². The molecule has 0 aliphatic rings. The highest BCUT2D eigenvalue weighted by molar-refractivity contribution is 7.20. The first-order valence-electron chi connectivity index (χ1n) is 6.99. The van der Waals surface area contributed by atoms with Gasteiger partial charge in [-0.15, -0.1) is 0 Å². The molecule has 0 saturated carbocycles. The van der Waals surface area contributed by atoms with E-state index in [1.54, 1.807) is 22.2 Å². The van der Waals surface area contributed by atoms with E-state index < -0.39 is 0 Å². The molecule has 0 spiro atoms. The summed E-state index contributed by atoms with van der Waals surface area (Å²) in [6.07, 6.45) is 1.79. The lowest BCUT2D eigenvalue weighted by Gasteiger charge is -2.01. The minimum Gasteiger partial charge on any atom is -0.383 e. The minimum atomic E-state index is 0.613. The molecule has 0 saturated heterocycles. The number of fused-ring (bicyclic) bond motifs is 1. The number of hydrogen-bond acceptors (Lipinski definition) is 4. The number of hydrogen-bond donors (Lipinski definition) is 1. The van der Waals surface area contributed by atoms with Crippen molar-refractivity contribution in [2.45, 2.75) is 6.92 Å². The summed E-state index contributed by atoms with van der Waals surface area (Å²) in [6.45, 7) is 2.08. The van der Waals surface area contributed by atoms with E-state index in [0.29, 0.717) is 5.82 Å². The number of benzene rings is 2. The average Bonchev–Trinajstić information content (AvgIpc) is 3.10. The number of aromatic nitrogens is 3. The number of rotatable bonds is 2. The molecule has 4 rings (SSSR count). The van der Waals surface area contributed by atoms with Crippen molar-refractivity contribution in [3.8, 4) is 16.3 Å². The summed E-state index contributed by atoms with van der Waals surface area (Å²) in [5.41, 5.74) is 10.5. The second-order valence-corrected chi connectivity index (χ2v) is 6.20. The van der Waals surface area contributed by atoms with Gasteiger partial charge in [0.15, 0.2) is 0 Å². The molecule has 0 aliphatic heterocycles. The number of aryl methyl sites for hydroxylation is 1. The topological polar surface area (TPSA) is 56.7 Å². The molecule has 2 heterocycles. The molecule has 2 aromatic heterocycles. The van der Waals surface area contributed by atoms with Crippen molar-refractivity contribution in [2.75, 3.05) is 5.73 Å². The third kappa shape index (κ3) is 2.07. The van der Waals surface area contributed by atoms with Gasteiger partial charge in [0.1, 0.15) is 5.82 Å². The van der Waals surface area contributed by atoms with Crippen LogP contribution in [0.5, 0.6) is 0 Å². The molecular weight excluding hydrogens is 292 g/mol. The fourth-order valence-electron chi connectivity index (χ4n) is 2.46. The van der Waals surface area contributed by atoms with Crippen LogP contribution in [0.3, 0.4) is 0 Å². The fourth-order valence-corrected chi connectivity index (χ4v) is 3.50. The zero-order valence-corrected chi connectivity index (χ0v) is 12.8. The van der Waals surface area contributed by atoms with E-state index in [0.717, 1.165) is 26.5 Å². The van der Waals surface area contributed by atoms with Gasteiger partial charge in [-0.2, -0.15) is 9.78 Å². The maximum atomic E-state index is 6.29. The van der Waals surface area contributed by atoms with Gasteiger partial charge in [-0.1, -0.05) is 47.7 Å². The monoisotopic (exact) mass is 306 g/mol. The van der Waals surface area contributed by atoms with Crippen LogP contribution in [-0.2, 0) is 0 Å². The number of nitrogens with two attached hydrogens (primary N) is 1. The zero-order valence-electron chi connectivity index (χ0n) is 12.0. The first-order valence-corrected chi connectivity index (χ1v) is 7.80. The Labute approximate surface area is 131 Å². The Morgan fingerprint density at radius 1 is 1.09 bits per heavy atom. The smallest absolute Gasteiger partial charge is 0.213 e. The van der Waals surface area contributed by atoms with Gasteiger partial charge in [-0.05, 0) is 30.2 Å². The van der Waals surface area contributed by atoms with Gasteiger partial charge >= 0.3 is 0 Å². The Bertz CT molecular complexity index is 953. The second kappa shape index (κ2) is 4.96. The van der Waals surface area contributed by atoms with Crippen molar-refractivity contribution in [1.82, 2.24) is 14.8 Å². The quantitative estimate of drug-likeness (QED) is 0.608. The average molecular weight is 306 g/mol. The van der Waals surface area contributed by atoms with Gasteiger partial charge in [0.2, 0.25) is 5.13 Å². The van der Waals surface area contributed by atoms with Crippen molar-refractivity contribution in [3.05, 3.63) is 60.3 Å². The van der Waals surface area contributed by atoms with Gasteiger partial charge < -0.3 is 5.73 Å². The predicted octanol–water partition coefficient (Wildman–Crippen LogP) is 4.04. The molecule has 2 aromatic carbocycles. The Balaban J connectivity index is 1.84. The first-order chi connectivity index (χ1) is 10.7. The lowest BCUT2D eigenvalue weighted by atomic mass is 10.1. The second-order valence-electron chi connectivity index (χ2n) is 5.19. The normalized spacial score (nSPS) is 11.1. The van der Waals surface area contributed by atoms with E-state index in [9.17, 15) is 0 Å². The number of anilines is 1. The van der Waals surface area contributed by atoms with E-state index in [4.69, 9.17) is 5.73 Å². The molecule has 0 bridgehead atoms. The number of nitrogens with zero attached hydrogens (tertiary/aromatic N) is 3. The van der Waals surface area contributed by atoms with E-state index >= 15 is 0 Å². The lowest BCUT2D eigenvalue weighted by Crippen LogP contribution is -2.01. The lowest BCUT2D eigenvalue weighted by molar-refractivity contribution is 0.883. The summed E-state index contributed by atoms with van der Waals surface area (Å²) in [5, 5.41) is 5.21. The fraction of sp³-hybridized carbons (Fsp3) is 0.0588. The molecule has 108 valence electrons. The van der Waals surface area contributed by atoms with Gasteiger partial charge in [0.25, 0.3) is 0 Å². The summed E-state index contributed by atoms with van der Waals surface area (Å²) in [7, 11) is 0. The number of nitrogen functional groups attached to an aromatic ring is 1. The van der Waals surface area contributed by atoms with E-state index in [1.165, 1.54) is 5.56 Å². The van der Waals surface area contributed by atoms with Crippen LogP contribution in [0.4, 0.5) is 5.82 Å². The summed E-state index contributed by atoms with van der Waals surface area (Å²) in [4.78, 5) is 4.63. The largest absolute Gasteiger partial charge is 0.383 e. The highest BCUT2D eigenvalue weighted by atomic mass is 32.1. The van der Waals surface area contributed by atoms with Gasteiger partial charge in [-0.3, -0.25) is 0 Å². The maximum absolute atomic E-state index is 6.29. The molecule has 0 atom stereocenters. The number of thiazole rings is 1. The van der Waals surface area contributed by atoms with Crippen LogP contribution >= 0.6 is 11.3 Å². The van der Waals surface area contributed by atoms with Crippen LogP contribution in [0.2, 0.25) is 0 Å². The van der Waals surface area contributed by atoms with Crippen molar-refractivity contribution in [1.29, 1.82) is 0 Å². The van der Waals surface area contributed by atoms with Crippen molar-refractivity contribution < 1.29 is 0 Å². The van der Waals surface area contributed by atoms with E-state index in [1.807, 2.05) is 36.4 Å². The Morgan fingerprint density at radius 2 is 1.91 bits per heavy atom. The minimum absolute atomic E-state index is 0.613. The standard InChI is InChI=1S/C17H14N4S/c1-11-7-8-14-15(9-11)22-17(20-14)21-16(18)13(10-19-21)12-5-3-2-4-6-12/h2-10H,18H2,1H3. The molecule has 4 aromatic rings. The highest BCUT2D eigenvalue weighted by Crippen LogP contribution is 2.31. The Hall–Kier alpha value is -2.66. The van der Waals surface area contributed by atoms with Crippen LogP contribution in [0, 0.1) is 6.92 Å². The van der Waals surface area contributed by atoms with Crippen LogP contribution in [0.15, 0.2) is 54.7 Å². The van der Waals surface area contributed by atoms with E-state index in [2.05, 4.69) is 29.1 Å². The maximum Gasteiger partial charge on any atom is 0.213 e. The molecular formula is C17H14N4S. The summed E-state index contributed by atoms with van der Waals surface area (Å²) >= 11 is 1.60. The highest BCUT2D eigenvalue weighted by Gasteiger charge is 2.14. The predicted molar refractivity (Wildman–Crippen MR) is 91.3 cm³/mol. The molecule has 5 heteroatoms. The molecule has 0 amide bonds. The summed E-state index contributed by atoms with van der Waals surface area (Å²) in [6, 6.07) is 16.3. The van der Waals surface area contributed by atoms with E-state index in [-0.39, 0.29) is 0 Å². The molecule has 2 N–H and O–H groups in total. The molecule has 0 unspecified atom stereocenters.